The van der Waals surface area contributed by atoms with Gasteiger partial charge in [-0.3, -0.25) is 9.59 Å². The van der Waals surface area contributed by atoms with E-state index in [9.17, 15) is 14.7 Å². The summed E-state index contributed by atoms with van der Waals surface area (Å²) in [6.07, 6.45) is 1.41. The summed E-state index contributed by atoms with van der Waals surface area (Å²) < 4.78 is 0. The molecule has 1 amide bonds. The Kier molecular flexibility index (Phi) is 6.85. The highest BCUT2D eigenvalue weighted by Crippen LogP contribution is 2.14. The molecule has 0 fully saturated rings. The van der Waals surface area contributed by atoms with Crippen LogP contribution in [-0.2, 0) is 4.79 Å². The van der Waals surface area contributed by atoms with Crippen molar-refractivity contribution < 1.29 is 14.7 Å². The molecule has 2 N–H and O–H groups in total. The number of hydrogen-bond acceptors (Lipinski definition) is 3. The molecule has 1 aromatic rings. The average Bonchev–Trinajstić information content (AvgIpc) is 2.51. The normalized spacial score (nSPS) is 11.2. The summed E-state index contributed by atoms with van der Waals surface area (Å²) in [5.74, 6) is -0.319. The number of carbonyl (C=O) groups is 2. The fourth-order valence-electron chi connectivity index (χ4n) is 1.86. The van der Waals surface area contributed by atoms with Gasteiger partial charge in [-0.2, -0.15) is 0 Å². The molecular formula is C16H22ClNO3. The SMILES string of the molecule is CCC(O)(CC)CNC(=O)CCC(=O)c1ccc(Cl)cc1. The number of rotatable bonds is 8. The first-order valence-electron chi connectivity index (χ1n) is 7.18. The minimum atomic E-state index is -0.865. The highest BCUT2D eigenvalue weighted by molar-refractivity contribution is 6.30. The summed E-state index contributed by atoms with van der Waals surface area (Å²) in [5.41, 5.74) is -0.318. The third-order valence-electron chi connectivity index (χ3n) is 3.68. The van der Waals surface area contributed by atoms with Crippen LogP contribution in [0.3, 0.4) is 0 Å². The molecule has 0 unspecified atom stereocenters. The van der Waals surface area contributed by atoms with Crippen molar-refractivity contribution in [1.82, 2.24) is 5.32 Å². The van der Waals surface area contributed by atoms with Crippen molar-refractivity contribution in [2.24, 2.45) is 0 Å². The van der Waals surface area contributed by atoms with Crippen LogP contribution in [0.1, 0.15) is 49.9 Å². The van der Waals surface area contributed by atoms with Crippen molar-refractivity contribution in [3.05, 3.63) is 34.9 Å². The molecule has 0 radical (unpaired) electrons. The molecule has 1 rings (SSSR count). The predicted molar refractivity (Wildman–Crippen MR) is 83.6 cm³/mol. The summed E-state index contributed by atoms with van der Waals surface area (Å²) in [4.78, 5) is 23.6. The quantitative estimate of drug-likeness (QED) is 0.725. The predicted octanol–water partition coefficient (Wildman–Crippen LogP) is 2.97. The lowest BCUT2D eigenvalue weighted by atomic mass is 9.97. The summed E-state index contributed by atoms with van der Waals surface area (Å²) in [5, 5.41) is 13.3. The van der Waals surface area contributed by atoms with Crippen molar-refractivity contribution in [3.63, 3.8) is 0 Å². The van der Waals surface area contributed by atoms with E-state index in [0.29, 0.717) is 23.4 Å². The van der Waals surface area contributed by atoms with Gasteiger partial charge in [-0.1, -0.05) is 25.4 Å². The molecule has 21 heavy (non-hydrogen) atoms. The summed E-state index contributed by atoms with van der Waals surface area (Å²) in [6, 6.07) is 6.60. The first-order valence-corrected chi connectivity index (χ1v) is 7.56. The highest BCUT2D eigenvalue weighted by atomic mass is 35.5. The molecule has 0 bridgehead atoms. The number of Topliss-reactive ketones (excluding diaryl/α,β-unsaturated/α-hetero) is 1. The van der Waals surface area contributed by atoms with Crippen LogP contribution in [0.2, 0.25) is 5.02 Å². The van der Waals surface area contributed by atoms with Gasteiger partial charge in [0.15, 0.2) is 5.78 Å². The molecule has 0 saturated heterocycles. The topological polar surface area (TPSA) is 66.4 Å². The highest BCUT2D eigenvalue weighted by Gasteiger charge is 2.22. The lowest BCUT2D eigenvalue weighted by Crippen LogP contribution is -2.42. The van der Waals surface area contributed by atoms with Crippen LogP contribution < -0.4 is 5.32 Å². The zero-order valence-corrected chi connectivity index (χ0v) is 13.2. The monoisotopic (exact) mass is 311 g/mol. The number of benzene rings is 1. The van der Waals surface area contributed by atoms with Gasteiger partial charge in [0.1, 0.15) is 0 Å². The molecule has 0 saturated carbocycles. The molecule has 116 valence electrons. The van der Waals surface area contributed by atoms with Gasteiger partial charge in [-0.15, -0.1) is 0 Å². The Hall–Kier alpha value is -1.39. The Morgan fingerprint density at radius 1 is 1.14 bits per heavy atom. The van der Waals surface area contributed by atoms with Crippen LogP contribution in [0.25, 0.3) is 0 Å². The summed E-state index contributed by atoms with van der Waals surface area (Å²) >= 11 is 5.76. The van der Waals surface area contributed by atoms with E-state index in [1.54, 1.807) is 24.3 Å². The van der Waals surface area contributed by atoms with Crippen LogP contribution in [0, 0.1) is 0 Å². The van der Waals surface area contributed by atoms with Crippen LogP contribution >= 0.6 is 11.6 Å². The number of aliphatic hydroxyl groups is 1. The third kappa shape index (κ3) is 5.86. The smallest absolute Gasteiger partial charge is 0.220 e. The standard InChI is InChI=1S/C16H22ClNO3/c1-3-16(21,4-2)11-18-15(20)10-9-14(19)12-5-7-13(17)8-6-12/h5-8,21H,3-4,9-11H2,1-2H3,(H,18,20). The average molecular weight is 312 g/mol. The second-order valence-corrected chi connectivity index (χ2v) is 5.57. The second-order valence-electron chi connectivity index (χ2n) is 5.14. The zero-order chi connectivity index (χ0) is 15.9. The van der Waals surface area contributed by atoms with Gasteiger partial charge in [0.2, 0.25) is 5.91 Å². The number of halogens is 1. The van der Waals surface area contributed by atoms with Crippen LogP contribution in [0.4, 0.5) is 0 Å². The van der Waals surface area contributed by atoms with Gasteiger partial charge < -0.3 is 10.4 Å². The first-order chi connectivity index (χ1) is 9.90. The molecule has 0 atom stereocenters. The van der Waals surface area contributed by atoms with E-state index in [1.807, 2.05) is 13.8 Å². The van der Waals surface area contributed by atoms with Crippen LogP contribution in [0.5, 0.6) is 0 Å². The van der Waals surface area contributed by atoms with E-state index in [2.05, 4.69) is 5.32 Å². The Balaban J connectivity index is 2.39. The van der Waals surface area contributed by atoms with E-state index in [0.717, 1.165) is 0 Å². The van der Waals surface area contributed by atoms with Gasteiger partial charge in [0.05, 0.1) is 5.60 Å². The van der Waals surface area contributed by atoms with Crippen molar-refractivity contribution in [1.29, 1.82) is 0 Å². The van der Waals surface area contributed by atoms with Gasteiger partial charge in [-0.25, -0.2) is 0 Å². The largest absolute Gasteiger partial charge is 0.388 e. The molecule has 0 spiro atoms. The Morgan fingerprint density at radius 3 is 2.24 bits per heavy atom. The molecule has 1 aromatic carbocycles. The van der Waals surface area contributed by atoms with Gasteiger partial charge >= 0.3 is 0 Å². The minimum absolute atomic E-state index is 0.0944. The summed E-state index contributed by atoms with van der Waals surface area (Å²) in [6.45, 7) is 3.97. The van der Waals surface area contributed by atoms with Crippen molar-refractivity contribution in [3.8, 4) is 0 Å². The Labute approximate surface area is 130 Å². The van der Waals surface area contributed by atoms with Gasteiger partial charge in [0.25, 0.3) is 0 Å². The van der Waals surface area contributed by atoms with E-state index in [-0.39, 0.29) is 31.1 Å². The number of nitrogens with one attached hydrogen (secondary N) is 1. The Bertz CT molecular complexity index is 481. The maximum atomic E-state index is 11.9. The number of carbonyl (C=O) groups excluding carboxylic acids is 2. The zero-order valence-electron chi connectivity index (χ0n) is 12.5. The van der Waals surface area contributed by atoms with Gasteiger partial charge in [-0.05, 0) is 37.1 Å². The fraction of sp³-hybridized carbons (Fsp3) is 0.500. The van der Waals surface area contributed by atoms with Crippen LogP contribution in [-0.4, -0.2) is 28.9 Å². The van der Waals surface area contributed by atoms with E-state index >= 15 is 0 Å². The lowest BCUT2D eigenvalue weighted by Gasteiger charge is -2.25. The molecule has 0 aliphatic carbocycles. The molecule has 0 heterocycles. The molecular weight excluding hydrogens is 290 g/mol. The molecule has 5 heteroatoms. The van der Waals surface area contributed by atoms with Crippen molar-refractivity contribution >= 4 is 23.3 Å². The van der Waals surface area contributed by atoms with E-state index in [1.165, 1.54) is 0 Å². The Morgan fingerprint density at radius 2 is 1.71 bits per heavy atom. The third-order valence-corrected chi connectivity index (χ3v) is 3.93. The minimum Gasteiger partial charge on any atom is -0.388 e. The number of amides is 1. The number of ketones is 1. The maximum absolute atomic E-state index is 11.9. The first kappa shape index (κ1) is 17.7. The fourth-order valence-corrected chi connectivity index (χ4v) is 1.98. The number of hydrogen-bond donors (Lipinski definition) is 2. The molecule has 4 nitrogen and oxygen atoms in total. The van der Waals surface area contributed by atoms with Crippen LogP contribution in [0.15, 0.2) is 24.3 Å². The van der Waals surface area contributed by atoms with Crippen molar-refractivity contribution in [2.75, 3.05) is 6.54 Å². The van der Waals surface area contributed by atoms with E-state index in [4.69, 9.17) is 11.6 Å². The molecule has 0 aliphatic heterocycles. The molecule has 0 aliphatic rings. The maximum Gasteiger partial charge on any atom is 0.220 e. The summed E-state index contributed by atoms with van der Waals surface area (Å²) in [7, 11) is 0. The van der Waals surface area contributed by atoms with E-state index < -0.39 is 5.60 Å². The van der Waals surface area contributed by atoms with Crippen molar-refractivity contribution in [2.45, 2.75) is 45.1 Å². The molecule has 0 aromatic heterocycles. The second kappa shape index (κ2) is 8.15. The van der Waals surface area contributed by atoms with Gasteiger partial charge in [0, 0.05) is 30.0 Å². The lowest BCUT2D eigenvalue weighted by molar-refractivity contribution is -0.122.